The van der Waals surface area contributed by atoms with Crippen molar-refractivity contribution in [3.8, 4) is 0 Å². The fourth-order valence-electron chi connectivity index (χ4n) is 4.59. The second kappa shape index (κ2) is 14.2. The molecule has 220 valence electrons. The molecular weight excluding hydrogens is 548 g/mol. The first-order valence-corrected chi connectivity index (χ1v) is 15.3. The van der Waals surface area contributed by atoms with Crippen molar-refractivity contribution < 1.29 is 26.8 Å². The molecule has 3 aromatic rings. The third kappa shape index (κ3) is 9.38. The number of halogens is 2. The smallest absolute Gasteiger partial charge is 0.243 e. The SMILES string of the molecule is Cc1cccc(CN(C(=O)CCCN(c2ccc(F)c(F)c2)S(C)(=O)=O)C(Cc2ccccc2)C(=O)NC(C)C)c1. The van der Waals surface area contributed by atoms with Crippen LogP contribution in [0.3, 0.4) is 0 Å². The van der Waals surface area contributed by atoms with E-state index in [2.05, 4.69) is 5.32 Å². The predicted molar refractivity (Wildman–Crippen MR) is 157 cm³/mol. The van der Waals surface area contributed by atoms with Gasteiger partial charge in [-0.15, -0.1) is 0 Å². The number of nitrogens with one attached hydrogen (secondary N) is 1. The number of carbonyl (C=O) groups is 2. The Bertz CT molecular complexity index is 1450. The molecule has 0 aliphatic carbocycles. The first-order valence-electron chi connectivity index (χ1n) is 13.5. The summed E-state index contributed by atoms with van der Waals surface area (Å²) < 4.78 is 53.2. The Morgan fingerprint density at radius 3 is 2.20 bits per heavy atom. The van der Waals surface area contributed by atoms with Crippen molar-refractivity contribution in [2.75, 3.05) is 17.1 Å². The van der Waals surface area contributed by atoms with Crippen LogP contribution in [0.5, 0.6) is 0 Å². The monoisotopic (exact) mass is 585 g/mol. The van der Waals surface area contributed by atoms with Gasteiger partial charge in [-0.05, 0) is 50.5 Å². The van der Waals surface area contributed by atoms with Gasteiger partial charge in [-0.1, -0.05) is 60.2 Å². The second-order valence-corrected chi connectivity index (χ2v) is 12.3. The van der Waals surface area contributed by atoms with Crippen LogP contribution in [0.1, 0.15) is 43.4 Å². The summed E-state index contributed by atoms with van der Waals surface area (Å²) in [6.45, 7) is 5.70. The molecule has 0 radical (unpaired) electrons. The van der Waals surface area contributed by atoms with Crippen molar-refractivity contribution in [1.82, 2.24) is 10.2 Å². The normalized spacial score (nSPS) is 12.2. The minimum absolute atomic E-state index is 0.0336. The fourth-order valence-corrected chi connectivity index (χ4v) is 5.54. The topological polar surface area (TPSA) is 86.8 Å². The predicted octanol–water partition coefficient (Wildman–Crippen LogP) is 4.98. The molecule has 0 spiro atoms. The highest BCUT2D eigenvalue weighted by molar-refractivity contribution is 7.92. The maximum absolute atomic E-state index is 13.9. The van der Waals surface area contributed by atoms with Gasteiger partial charge >= 0.3 is 0 Å². The number of carbonyl (C=O) groups excluding carboxylic acids is 2. The summed E-state index contributed by atoms with van der Waals surface area (Å²) in [5.74, 6) is -2.88. The van der Waals surface area contributed by atoms with E-state index in [-0.39, 0.29) is 49.5 Å². The van der Waals surface area contributed by atoms with Gasteiger partial charge in [0.25, 0.3) is 0 Å². The zero-order valence-corrected chi connectivity index (χ0v) is 24.6. The Labute approximate surface area is 241 Å². The molecule has 0 bridgehead atoms. The fraction of sp³-hybridized carbons (Fsp3) is 0.355. The lowest BCUT2D eigenvalue weighted by Crippen LogP contribution is -2.51. The first kappa shape index (κ1) is 31.7. The van der Waals surface area contributed by atoms with E-state index in [4.69, 9.17) is 0 Å². The molecule has 2 amide bonds. The highest BCUT2D eigenvalue weighted by atomic mass is 32.2. The van der Waals surface area contributed by atoms with E-state index < -0.39 is 27.7 Å². The van der Waals surface area contributed by atoms with E-state index in [0.717, 1.165) is 39.4 Å². The number of amides is 2. The molecule has 0 saturated carbocycles. The highest BCUT2D eigenvalue weighted by Gasteiger charge is 2.31. The van der Waals surface area contributed by atoms with E-state index in [1.165, 1.54) is 6.07 Å². The first-order chi connectivity index (χ1) is 19.3. The molecular formula is C31H37F2N3O4S. The average molecular weight is 586 g/mol. The van der Waals surface area contributed by atoms with Gasteiger partial charge in [-0.25, -0.2) is 17.2 Å². The quantitative estimate of drug-likeness (QED) is 0.307. The molecule has 0 aromatic heterocycles. The van der Waals surface area contributed by atoms with Gasteiger partial charge in [0.05, 0.1) is 11.9 Å². The average Bonchev–Trinajstić information content (AvgIpc) is 2.89. The molecule has 1 unspecified atom stereocenters. The van der Waals surface area contributed by atoms with Crippen LogP contribution in [-0.4, -0.2) is 50.0 Å². The van der Waals surface area contributed by atoms with E-state index in [1.54, 1.807) is 4.90 Å². The summed E-state index contributed by atoms with van der Waals surface area (Å²) in [5.41, 5.74) is 2.72. The maximum atomic E-state index is 13.9. The molecule has 0 fully saturated rings. The highest BCUT2D eigenvalue weighted by Crippen LogP contribution is 2.22. The standard InChI is InChI=1S/C31H37F2N3O4S/c1-22(2)34-31(38)29(19-24-11-6-5-7-12-24)35(21-25-13-8-10-23(3)18-25)30(37)14-9-17-36(41(4,39)40)26-15-16-27(32)28(33)20-26/h5-8,10-13,15-16,18,20,22,29H,9,14,17,19,21H2,1-4H3,(H,34,38). The number of hydrogen-bond donors (Lipinski definition) is 1. The molecule has 0 aliphatic rings. The van der Waals surface area contributed by atoms with Crippen LogP contribution < -0.4 is 9.62 Å². The van der Waals surface area contributed by atoms with Gasteiger partial charge in [0.2, 0.25) is 21.8 Å². The van der Waals surface area contributed by atoms with Gasteiger partial charge in [0.1, 0.15) is 6.04 Å². The van der Waals surface area contributed by atoms with Crippen LogP contribution in [0.15, 0.2) is 72.8 Å². The van der Waals surface area contributed by atoms with Crippen LogP contribution in [0.2, 0.25) is 0 Å². The summed E-state index contributed by atoms with van der Waals surface area (Å²) in [6.07, 6.45) is 1.29. The van der Waals surface area contributed by atoms with E-state index in [9.17, 15) is 26.8 Å². The van der Waals surface area contributed by atoms with E-state index in [0.29, 0.717) is 6.42 Å². The Hall–Kier alpha value is -3.79. The van der Waals surface area contributed by atoms with Gasteiger partial charge in [0.15, 0.2) is 11.6 Å². The Morgan fingerprint density at radius 1 is 0.902 bits per heavy atom. The van der Waals surface area contributed by atoms with Crippen molar-refractivity contribution in [3.05, 3.63) is 101 Å². The minimum Gasteiger partial charge on any atom is -0.352 e. The third-order valence-electron chi connectivity index (χ3n) is 6.48. The lowest BCUT2D eigenvalue weighted by Gasteiger charge is -2.32. The molecule has 3 aromatic carbocycles. The zero-order chi connectivity index (χ0) is 30.2. The second-order valence-electron chi connectivity index (χ2n) is 10.4. The molecule has 0 aliphatic heterocycles. The number of anilines is 1. The van der Waals surface area contributed by atoms with Crippen molar-refractivity contribution in [2.45, 2.75) is 58.7 Å². The van der Waals surface area contributed by atoms with Crippen molar-refractivity contribution in [3.63, 3.8) is 0 Å². The Balaban J connectivity index is 1.89. The van der Waals surface area contributed by atoms with Gasteiger partial charge in [-0.3, -0.25) is 13.9 Å². The summed E-state index contributed by atoms with van der Waals surface area (Å²) in [4.78, 5) is 28.8. The largest absolute Gasteiger partial charge is 0.352 e. The van der Waals surface area contributed by atoms with Crippen LogP contribution in [0, 0.1) is 18.6 Å². The molecule has 1 N–H and O–H groups in total. The molecule has 41 heavy (non-hydrogen) atoms. The molecule has 3 rings (SSSR count). The van der Waals surface area contributed by atoms with Crippen molar-refractivity contribution in [1.29, 1.82) is 0 Å². The van der Waals surface area contributed by atoms with Crippen LogP contribution in [0.4, 0.5) is 14.5 Å². The van der Waals surface area contributed by atoms with Crippen LogP contribution >= 0.6 is 0 Å². The van der Waals surface area contributed by atoms with Crippen LogP contribution in [0.25, 0.3) is 0 Å². The zero-order valence-electron chi connectivity index (χ0n) is 23.8. The number of rotatable bonds is 13. The summed E-state index contributed by atoms with van der Waals surface area (Å²) in [7, 11) is -3.85. The summed E-state index contributed by atoms with van der Waals surface area (Å²) in [5, 5.41) is 2.93. The lowest BCUT2D eigenvalue weighted by molar-refractivity contribution is -0.141. The minimum atomic E-state index is -3.85. The summed E-state index contributed by atoms with van der Waals surface area (Å²) in [6, 6.07) is 19.0. The molecule has 10 heteroatoms. The van der Waals surface area contributed by atoms with Crippen molar-refractivity contribution >= 4 is 27.5 Å². The number of sulfonamides is 1. The third-order valence-corrected chi connectivity index (χ3v) is 7.67. The van der Waals surface area contributed by atoms with Crippen molar-refractivity contribution in [2.24, 2.45) is 0 Å². The number of aryl methyl sites for hydroxylation is 1. The van der Waals surface area contributed by atoms with E-state index in [1.807, 2.05) is 75.4 Å². The lowest BCUT2D eigenvalue weighted by atomic mass is 10.0. The number of benzene rings is 3. The molecule has 1 atom stereocenters. The molecule has 0 heterocycles. The number of nitrogens with zero attached hydrogens (tertiary/aromatic N) is 2. The summed E-state index contributed by atoms with van der Waals surface area (Å²) >= 11 is 0. The number of hydrogen-bond acceptors (Lipinski definition) is 4. The Kier molecular flexibility index (Phi) is 11.0. The van der Waals surface area contributed by atoms with Gasteiger partial charge in [0, 0.05) is 38.0 Å². The van der Waals surface area contributed by atoms with Gasteiger partial charge in [-0.2, -0.15) is 0 Å². The maximum Gasteiger partial charge on any atom is 0.243 e. The van der Waals surface area contributed by atoms with Gasteiger partial charge < -0.3 is 10.2 Å². The Morgan fingerprint density at radius 2 is 1.59 bits per heavy atom. The van der Waals surface area contributed by atoms with Crippen LogP contribution in [-0.2, 0) is 32.6 Å². The molecule has 7 nitrogen and oxygen atoms in total. The van der Waals surface area contributed by atoms with E-state index >= 15 is 0 Å². The molecule has 0 saturated heterocycles.